The van der Waals surface area contributed by atoms with Crippen LogP contribution in [-0.2, 0) is 0 Å². The summed E-state index contributed by atoms with van der Waals surface area (Å²) in [6, 6.07) is 2.00. The van der Waals surface area contributed by atoms with Crippen LogP contribution < -0.4 is 5.32 Å². The fraction of sp³-hybridized carbons (Fsp3) is 0.692. The number of aromatic nitrogens is 1. The Morgan fingerprint density at radius 3 is 2.79 bits per heavy atom. The molecule has 0 aromatic carbocycles. The predicted octanol–water partition coefficient (Wildman–Crippen LogP) is 3.41. The molecule has 0 spiro atoms. The molecular formula is C13H18ClN3OS. The van der Waals surface area contributed by atoms with Crippen molar-refractivity contribution >= 4 is 28.1 Å². The van der Waals surface area contributed by atoms with E-state index in [9.17, 15) is 5.11 Å². The van der Waals surface area contributed by atoms with Crippen LogP contribution in [0.3, 0.4) is 0 Å². The molecule has 1 saturated carbocycles. The molecule has 1 aliphatic rings. The molecule has 0 bridgehead atoms. The summed E-state index contributed by atoms with van der Waals surface area (Å²) in [5.74, 6) is 0.750. The maximum absolute atomic E-state index is 10.5. The Kier molecular flexibility index (Phi) is 4.67. The fourth-order valence-corrected chi connectivity index (χ4v) is 3.43. The molecule has 4 nitrogen and oxygen atoms in total. The zero-order chi connectivity index (χ0) is 13.9. The number of nitriles is 1. The van der Waals surface area contributed by atoms with Gasteiger partial charge in [-0.25, -0.2) is 4.98 Å². The maximum Gasteiger partial charge on any atom is 0.185 e. The van der Waals surface area contributed by atoms with Gasteiger partial charge in [-0.05, 0) is 31.6 Å². The van der Waals surface area contributed by atoms with Crippen molar-refractivity contribution < 1.29 is 5.11 Å². The summed E-state index contributed by atoms with van der Waals surface area (Å²) in [6.45, 7) is 2.67. The van der Waals surface area contributed by atoms with E-state index in [1.807, 2.05) is 6.07 Å². The van der Waals surface area contributed by atoms with Gasteiger partial charge in [-0.1, -0.05) is 36.3 Å². The number of hydrogen-bond acceptors (Lipinski definition) is 5. The van der Waals surface area contributed by atoms with Crippen molar-refractivity contribution in [2.75, 3.05) is 11.9 Å². The molecule has 0 saturated heterocycles. The molecule has 0 amide bonds. The van der Waals surface area contributed by atoms with Gasteiger partial charge in [0.2, 0.25) is 0 Å². The first-order valence-corrected chi connectivity index (χ1v) is 7.78. The molecule has 6 heteroatoms. The van der Waals surface area contributed by atoms with E-state index in [2.05, 4.69) is 17.2 Å². The Hall–Kier alpha value is -0.830. The first-order chi connectivity index (χ1) is 9.06. The Morgan fingerprint density at radius 1 is 1.58 bits per heavy atom. The third-order valence-corrected chi connectivity index (χ3v) is 5.17. The van der Waals surface area contributed by atoms with Crippen LogP contribution in [0.25, 0.3) is 0 Å². The van der Waals surface area contributed by atoms with Crippen LogP contribution in [0.1, 0.15) is 43.9 Å². The van der Waals surface area contributed by atoms with Crippen LogP contribution >= 0.6 is 22.9 Å². The van der Waals surface area contributed by atoms with Crippen LogP contribution in [-0.4, -0.2) is 22.2 Å². The normalized spacial score (nSPS) is 26.9. The number of nitrogens with zero attached hydrogens (tertiary/aromatic N) is 2. The number of aliphatic hydroxyl groups is 1. The molecule has 0 unspecified atom stereocenters. The minimum atomic E-state index is -0.656. The molecule has 2 rings (SSSR count). The average Bonchev–Trinajstić information content (AvgIpc) is 2.78. The van der Waals surface area contributed by atoms with Gasteiger partial charge in [0.25, 0.3) is 0 Å². The number of nitrogens with one attached hydrogen (secondary N) is 1. The highest BCUT2D eigenvalue weighted by molar-refractivity contribution is 7.16. The minimum absolute atomic E-state index is 0.233. The summed E-state index contributed by atoms with van der Waals surface area (Å²) in [4.78, 5) is 4.48. The molecule has 0 atom stereocenters. The van der Waals surface area contributed by atoms with Gasteiger partial charge in [0.15, 0.2) is 10.3 Å². The largest absolute Gasteiger partial charge is 0.388 e. The number of thiazole rings is 1. The second kappa shape index (κ2) is 6.08. The second-order valence-electron chi connectivity index (χ2n) is 5.18. The zero-order valence-corrected chi connectivity index (χ0v) is 12.5. The monoisotopic (exact) mass is 299 g/mol. The fourth-order valence-electron chi connectivity index (χ4n) is 2.49. The van der Waals surface area contributed by atoms with Gasteiger partial charge >= 0.3 is 0 Å². The maximum atomic E-state index is 10.5. The Bertz CT molecular complexity index is 475. The van der Waals surface area contributed by atoms with E-state index in [0.717, 1.165) is 31.6 Å². The highest BCUT2D eigenvalue weighted by Gasteiger charge is 2.32. The molecule has 1 heterocycles. The van der Waals surface area contributed by atoms with Crippen molar-refractivity contribution in [1.29, 1.82) is 5.26 Å². The molecule has 2 N–H and O–H groups in total. The molecule has 0 aliphatic heterocycles. The lowest BCUT2D eigenvalue weighted by Gasteiger charge is -2.35. The Labute approximate surface area is 122 Å². The van der Waals surface area contributed by atoms with E-state index >= 15 is 0 Å². The lowest BCUT2D eigenvalue weighted by Crippen LogP contribution is -2.40. The first kappa shape index (κ1) is 14.6. The molecule has 1 aromatic heterocycles. The van der Waals surface area contributed by atoms with Crippen molar-refractivity contribution in [2.24, 2.45) is 5.92 Å². The van der Waals surface area contributed by atoms with Crippen molar-refractivity contribution in [3.63, 3.8) is 0 Å². The third kappa shape index (κ3) is 3.59. The standard InChI is InChI=1S/C13H18ClN3OS/c1-2-9-3-5-13(18,6-4-9)8-16-12-17-11(14)10(7-15)19-12/h9,18H,2-6,8H2,1H3,(H,16,17). The SMILES string of the molecule is CCC1CCC(O)(CNc2nc(Cl)c(C#N)s2)CC1. The molecule has 104 valence electrons. The zero-order valence-electron chi connectivity index (χ0n) is 10.9. The van der Waals surface area contributed by atoms with E-state index in [0.29, 0.717) is 16.6 Å². The summed E-state index contributed by atoms with van der Waals surface area (Å²) in [5.41, 5.74) is -0.656. The van der Waals surface area contributed by atoms with E-state index in [-0.39, 0.29) is 5.15 Å². The van der Waals surface area contributed by atoms with Gasteiger partial charge in [0.1, 0.15) is 10.9 Å². The van der Waals surface area contributed by atoms with E-state index in [4.69, 9.17) is 16.9 Å². The average molecular weight is 300 g/mol. The molecule has 0 radical (unpaired) electrons. The van der Waals surface area contributed by atoms with Gasteiger partial charge in [-0.2, -0.15) is 5.26 Å². The van der Waals surface area contributed by atoms with E-state index in [1.165, 1.54) is 17.8 Å². The first-order valence-electron chi connectivity index (χ1n) is 6.59. The van der Waals surface area contributed by atoms with Crippen LogP contribution in [0.2, 0.25) is 5.15 Å². The topological polar surface area (TPSA) is 68.9 Å². The Balaban J connectivity index is 1.89. The molecule has 19 heavy (non-hydrogen) atoms. The van der Waals surface area contributed by atoms with Gasteiger partial charge < -0.3 is 10.4 Å². The number of rotatable bonds is 4. The van der Waals surface area contributed by atoms with Gasteiger partial charge in [0, 0.05) is 6.54 Å². The number of anilines is 1. The quantitative estimate of drug-likeness (QED) is 0.894. The summed E-state index contributed by atoms with van der Waals surface area (Å²) >= 11 is 7.04. The van der Waals surface area contributed by atoms with Crippen LogP contribution in [0.4, 0.5) is 5.13 Å². The van der Waals surface area contributed by atoms with Gasteiger partial charge in [-0.3, -0.25) is 0 Å². The molecular weight excluding hydrogens is 282 g/mol. The van der Waals surface area contributed by atoms with Crippen LogP contribution in [0.5, 0.6) is 0 Å². The summed E-state index contributed by atoms with van der Waals surface area (Å²) in [7, 11) is 0. The second-order valence-corrected chi connectivity index (χ2v) is 6.54. The summed E-state index contributed by atoms with van der Waals surface area (Å²) < 4.78 is 0. The van der Waals surface area contributed by atoms with Crippen LogP contribution in [0, 0.1) is 17.2 Å². The number of halogens is 1. The van der Waals surface area contributed by atoms with Crippen LogP contribution in [0.15, 0.2) is 0 Å². The molecule has 1 aromatic rings. The smallest absolute Gasteiger partial charge is 0.185 e. The van der Waals surface area contributed by atoms with Gasteiger partial charge in [-0.15, -0.1) is 0 Å². The molecule has 1 aliphatic carbocycles. The predicted molar refractivity (Wildman–Crippen MR) is 77.5 cm³/mol. The minimum Gasteiger partial charge on any atom is -0.388 e. The van der Waals surface area contributed by atoms with Crippen molar-refractivity contribution in [2.45, 2.75) is 44.6 Å². The lowest BCUT2D eigenvalue weighted by atomic mass is 9.78. The Morgan fingerprint density at radius 2 is 2.26 bits per heavy atom. The highest BCUT2D eigenvalue weighted by atomic mass is 35.5. The molecule has 1 fully saturated rings. The summed E-state index contributed by atoms with van der Waals surface area (Å²) in [6.07, 6.45) is 5.00. The van der Waals surface area contributed by atoms with Crippen molar-refractivity contribution in [3.05, 3.63) is 10.0 Å². The van der Waals surface area contributed by atoms with E-state index < -0.39 is 5.60 Å². The van der Waals surface area contributed by atoms with Gasteiger partial charge in [0.05, 0.1) is 5.60 Å². The third-order valence-electron chi connectivity index (χ3n) is 3.87. The van der Waals surface area contributed by atoms with E-state index in [1.54, 1.807) is 0 Å². The van der Waals surface area contributed by atoms with Crippen molar-refractivity contribution in [1.82, 2.24) is 4.98 Å². The highest BCUT2D eigenvalue weighted by Crippen LogP contribution is 2.34. The number of hydrogen-bond donors (Lipinski definition) is 2. The summed E-state index contributed by atoms with van der Waals surface area (Å²) in [5, 5.41) is 23.3. The van der Waals surface area contributed by atoms with Crippen molar-refractivity contribution in [3.8, 4) is 6.07 Å². The lowest BCUT2D eigenvalue weighted by molar-refractivity contribution is 0.00229.